The number of nitrogens with zero attached hydrogens (tertiary/aromatic N) is 3. The van der Waals surface area contributed by atoms with Gasteiger partial charge in [0.2, 0.25) is 0 Å². The predicted octanol–water partition coefficient (Wildman–Crippen LogP) is 4.82. The van der Waals surface area contributed by atoms with Gasteiger partial charge in [-0.1, -0.05) is 19.9 Å². The molecular formula is C27H30F2N6O2. The van der Waals surface area contributed by atoms with E-state index in [0.717, 1.165) is 55.5 Å². The largest absolute Gasteiger partial charge is 0.382 e. The Morgan fingerprint density at radius 2 is 1.86 bits per heavy atom. The van der Waals surface area contributed by atoms with Crippen LogP contribution >= 0.6 is 0 Å². The van der Waals surface area contributed by atoms with E-state index >= 15 is 0 Å². The second-order valence-corrected chi connectivity index (χ2v) is 9.35. The van der Waals surface area contributed by atoms with Crippen LogP contribution in [-0.2, 0) is 0 Å². The molecule has 8 nitrogen and oxygen atoms in total. The number of para-hydroxylation sites is 1. The molecule has 10 heteroatoms. The normalized spacial score (nSPS) is 15.9. The molecule has 1 fully saturated rings. The van der Waals surface area contributed by atoms with Crippen molar-refractivity contribution in [2.24, 2.45) is 5.92 Å². The van der Waals surface area contributed by atoms with Gasteiger partial charge in [-0.15, -0.1) is 0 Å². The molecule has 0 bridgehead atoms. The third kappa shape index (κ3) is 5.37. The maximum atomic E-state index is 14.3. The first-order chi connectivity index (χ1) is 17.7. The Morgan fingerprint density at radius 1 is 1.16 bits per heavy atom. The van der Waals surface area contributed by atoms with Crippen molar-refractivity contribution in [2.45, 2.75) is 39.7 Å². The van der Waals surface area contributed by atoms with Crippen molar-refractivity contribution in [1.29, 1.82) is 5.41 Å². The molecule has 2 aromatic carbocycles. The number of amides is 1. The summed E-state index contributed by atoms with van der Waals surface area (Å²) in [7, 11) is 0. The molecule has 2 atom stereocenters. The number of benzene rings is 2. The Balaban J connectivity index is 1.74. The van der Waals surface area contributed by atoms with Gasteiger partial charge in [-0.2, -0.15) is 9.78 Å². The smallest absolute Gasteiger partial charge is 0.276 e. The fourth-order valence-electron chi connectivity index (χ4n) is 4.40. The summed E-state index contributed by atoms with van der Waals surface area (Å²) in [5, 5.41) is 18.4. The van der Waals surface area contributed by atoms with Gasteiger partial charge in [0.25, 0.3) is 11.5 Å². The van der Waals surface area contributed by atoms with Crippen molar-refractivity contribution in [1.82, 2.24) is 9.78 Å². The average molecular weight is 509 g/mol. The first-order valence-corrected chi connectivity index (χ1v) is 12.3. The van der Waals surface area contributed by atoms with Crippen molar-refractivity contribution in [2.75, 3.05) is 28.6 Å². The Kier molecular flexibility index (Phi) is 7.66. The van der Waals surface area contributed by atoms with E-state index in [-0.39, 0.29) is 11.7 Å². The minimum atomic E-state index is -0.974. The highest BCUT2D eigenvalue weighted by molar-refractivity contribution is 6.08. The van der Waals surface area contributed by atoms with E-state index < -0.39 is 28.8 Å². The topological polar surface area (TPSA) is 103 Å². The number of anilines is 3. The Labute approximate surface area is 213 Å². The number of carbonyl (C=O) groups is 1. The Hall–Kier alpha value is -4.08. The summed E-state index contributed by atoms with van der Waals surface area (Å²) in [5.41, 5.74) is 1.01. The summed E-state index contributed by atoms with van der Waals surface area (Å²) in [5.74, 6) is -2.15. The van der Waals surface area contributed by atoms with E-state index in [4.69, 9.17) is 5.41 Å². The number of aromatic nitrogens is 2. The van der Waals surface area contributed by atoms with Crippen LogP contribution in [0.15, 0.2) is 47.3 Å². The van der Waals surface area contributed by atoms with E-state index in [2.05, 4.69) is 41.4 Å². The zero-order valence-corrected chi connectivity index (χ0v) is 21.0. The van der Waals surface area contributed by atoms with E-state index in [1.165, 1.54) is 18.3 Å². The number of nitrogens with one attached hydrogen (secondary N) is 3. The molecule has 1 aromatic heterocycles. The molecular weight excluding hydrogens is 478 g/mol. The monoisotopic (exact) mass is 508 g/mol. The number of hydrogen-bond acceptors (Lipinski definition) is 6. The van der Waals surface area contributed by atoms with Crippen LogP contribution in [0.4, 0.5) is 25.8 Å². The third-order valence-electron chi connectivity index (χ3n) is 6.55. The summed E-state index contributed by atoms with van der Waals surface area (Å²) in [6.07, 6.45) is 3.16. The standard InChI is InChI=1S/C27H30F2N6O2/c1-4-17(3)31-21-8-9-22(25(18(21)14-30)34-13-12-16(2)15-34)32-27(37)23-10-11-24(36)35(33-23)26-19(28)6-5-7-20(26)29/h5-11,14,16-17,30-31H,4,12-13,15H2,1-3H3,(H,32,37)/t16-,17?/m0/s1. The maximum absolute atomic E-state index is 14.3. The molecule has 1 aliphatic rings. The third-order valence-corrected chi connectivity index (χ3v) is 6.55. The van der Waals surface area contributed by atoms with Crippen LogP contribution < -0.4 is 21.1 Å². The second-order valence-electron chi connectivity index (χ2n) is 9.35. The van der Waals surface area contributed by atoms with E-state index in [1.807, 2.05) is 6.07 Å². The molecule has 194 valence electrons. The molecule has 1 saturated heterocycles. The lowest BCUT2D eigenvalue weighted by Gasteiger charge is -2.27. The summed E-state index contributed by atoms with van der Waals surface area (Å²) in [6.45, 7) is 7.82. The molecule has 1 unspecified atom stereocenters. The minimum absolute atomic E-state index is 0.188. The molecule has 2 heterocycles. The Morgan fingerprint density at radius 3 is 2.49 bits per heavy atom. The molecule has 0 radical (unpaired) electrons. The fourth-order valence-corrected chi connectivity index (χ4v) is 4.40. The van der Waals surface area contributed by atoms with Crippen molar-refractivity contribution in [3.63, 3.8) is 0 Å². The first kappa shape index (κ1) is 26.0. The molecule has 4 rings (SSSR count). The fraction of sp³-hybridized carbons (Fsp3) is 0.333. The summed E-state index contributed by atoms with van der Waals surface area (Å²) in [4.78, 5) is 27.7. The van der Waals surface area contributed by atoms with E-state index in [1.54, 1.807) is 6.07 Å². The number of halogens is 2. The zero-order valence-electron chi connectivity index (χ0n) is 21.0. The van der Waals surface area contributed by atoms with Gasteiger partial charge in [0.05, 0.1) is 11.4 Å². The van der Waals surface area contributed by atoms with Crippen molar-refractivity contribution < 1.29 is 13.6 Å². The zero-order chi connectivity index (χ0) is 26.7. The van der Waals surface area contributed by atoms with E-state index in [9.17, 15) is 18.4 Å². The van der Waals surface area contributed by atoms with Crippen LogP contribution in [0.25, 0.3) is 5.69 Å². The predicted molar refractivity (Wildman–Crippen MR) is 141 cm³/mol. The molecule has 0 aliphatic carbocycles. The lowest BCUT2D eigenvalue weighted by molar-refractivity contribution is 0.102. The lowest BCUT2D eigenvalue weighted by Crippen LogP contribution is -2.27. The van der Waals surface area contributed by atoms with Gasteiger partial charge < -0.3 is 20.9 Å². The van der Waals surface area contributed by atoms with Gasteiger partial charge in [0.1, 0.15) is 11.4 Å². The van der Waals surface area contributed by atoms with Crippen LogP contribution in [0.1, 0.15) is 49.7 Å². The van der Waals surface area contributed by atoms with E-state index in [0.29, 0.717) is 21.9 Å². The highest BCUT2D eigenvalue weighted by atomic mass is 19.1. The van der Waals surface area contributed by atoms with Gasteiger partial charge in [-0.3, -0.25) is 9.59 Å². The Bertz CT molecular complexity index is 1370. The number of rotatable bonds is 8. The van der Waals surface area contributed by atoms with Gasteiger partial charge in [0.15, 0.2) is 11.6 Å². The molecule has 1 amide bonds. The molecule has 3 N–H and O–H groups in total. The molecule has 37 heavy (non-hydrogen) atoms. The highest BCUT2D eigenvalue weighted by Gasteiger charge is 2.26. The molecule has 1 aliphatic heterocycles. The van der Waals surface area contributed by atoms with Gasteiger partial charge >= 0.3 is 0 Å². The second kappa shape index (κ2) is 10.9. The highest BCUT2D eigenvalue weighted by Crippen LogP contribution is 2.38. The van der Waals surface area contributed by atoms with Crippen LogP contribution in [-0.4, -0.2) is 41.0 Å². The van der Waals surface area contributed by atoms with Crippen LogP contribution in [0, 0.1) is 23.0 Å². The summed E-state index contributed by atoms with van der Waals surface area (Å²) < 4.78 is 29.2. The maximum Gasteiger partial charge on any atom is 0.276 e. The van der Waals surface area contributed by atoms with Crippen molar-refractivity contribution >= 4 is 29.2 Å². The van der Waals surface area contributed by atoms with Gasteiger partial charge in [0, 0.05) is 42.7 Å². The van der Waals surface area contributed by atoms with Crippen LogP contribution in [0.3, 0.4) is 0 Å². The summed E-state index contributed by atoms with van der Waals surface area (Å²) in [6, 6.07) is 9.21. The minimum Gasteiger partial charge on any atom is -0.382 e. The van der Waals surface area contributed by atoms with Crippen molar-refractivity contribution in [3.05, 3.63) is 75.7 Å². The van der Waals surface area contributed by atoms with Gasteiger partial charge in [-0.05, 0) is 56.0 Å². The first-order valence-electron chi connectivity index (χ1n) is 12.3. The lowest BCUT2D eigenvalue weighted by atomic mass is 10.1. The molecule has 0 saturated carbocycles. The number of carbonyl (C=O) groups excluding carboxylic acids is 1. The average Bonchev–Trinajstić information content (AvgIpc) is 3.30. The molecule has 3 aromatic rings. The molecule has 0 spiro atoms. The SMILES string of the molecule is CCC(C)Nc1ccc(NC(=O)c2ccc(=O)n(-c3c(F)cccc3F)n2)c(N2CC[C@H](C)C2)c1C=N. The van der Waals surface area contributed by atoms with Crippen LogP contribution in [0.5, 0.6) is 0 Å². The van der Waals surface area contributed by atoms with Crippen molar-refractivity contribution in [3.8, 4) is 5.69 Å². The quantitative estimate of drug-likeness (QED) is 0.379. The van der Waals surface area contributed by atoms with Gasteiger partial charge in [-0.25, -0.2) is 8.78 Å². The van der Waals surface area contributed by atoms with Crippen LogP contribution in [0.2, 0.25) is 0 Å². The number of hydrogen-bond donors (Lipinski definition) is 3. The summed E-state index contributed by atoms with van der Waals surface area (Å²) >= 11 is 0.